The van der Waals surface area contributed by atoms with Crippen LogP contribution >= 0.6 is 24.8 Å². The van der Waals surface area contributed by atoms with Crippen LogP contribution in [0.25, 0.3) is 0 Å². The molecular weight excluding hydrogens is 381 g/mol. The molecule has 6 heteroatoms. The summed E-state index contributed by atoms with van der Waals surface area (Å²) in [6.07, 6.45) is 2.30. The summed E-state index contributed by atoms with van der Waals surface area (Å²) in [5.74, 6) is -0.101. The Kier molecular flexibility index (Phi) is 9.81. The summed E-state index contributed by atoms with van der Waals surface area (Å²) in [5.41, 5.74) is 9.45. The van der Waals surface area contributed by atoms with Crippen molar-refractivity contribution in [2.45, 2.75) is 38.4 Å². The van der Waals surface area contributed by atoms with Crippen LogP contribution in [-0.4, -0.2) is 29.9 Å². The van der Waals surface area contributed by atoms with Crippen LogP contribution in [0.1, 0.15) is 35.6 Å². The molecule has 1 saturated heterocycles. The second-order valence-electron chi connectivity index (χ2n) is 6.89. The molecule has 2 atom stereocenters. The quantitative estimate of drug-likeness (QED) is 0.765. The summed E-state index contributed by atoms with van der Waals surface area (Å²) < 4.78 is 0. The molecule has 148 valence electrons. The van der Waals surface area contributed by atoms with Crippen molar-refractivity contribution in [2.24, 2.45) is 5.73 Å². The number of nitrogens with one attached hydrogen (secondary N) is 1. The van der Waals surface area contributed by atoms with Crippen LogP contribution in [0.2, 0.25) is 0 Å². The number of nitrogens with two attached hydrogens (primary N) is 1. The number of halogens is 2. The highest BCUT2D eigenvalue weighted by molar-refractivity contribution is 5.85. The van der Waals surface area contributed by atoms with E-state index in [0.717, 1.165) is 25.1 Å². The molecule has 27 heavy (non-hydrogen) atoms. The highest BCUT2D eigenvalue weighted by Gasteiger charge is 2.25. The molecule has 2 aromatic rings. The van der Waals surface area contributed by atoms with Gasteiger partial charge in [-0.05, 0) is 37.4 Å². The molecule has 3 rings (SSSR count). The molecule has 1 fully saturated rings. The minimum absolute atomic E-state index is 0. The van der Waals surface area contributed by atoms with Gasteiger partial charge in [0, 0.05) is 19.1 Å². The van der Waals surface area contributed by atoms with Gasteiger partial charge < -0.3 is 11.1 Å². The van der Waals surface area contributed by atoms with E-state index in [4.69, 9.17) is 5.73 Å². The Bertz CT molecular complexity index is 694. The third-order valence-electron chi connectivity index (χ3n) is 4.96. The Balaban J connectivity index is 0.00000182. The molecular formula is C21H29Cl2N3O. The summed E-state index contributed by atoms with van der Waals surface area (Å²) in [6, 6.07) is 18.1. The fourth-order valence-corrected chi connectivity index (χ4v) is 3.41. The first-order valence-electron chi connectivity index (χ1n) is 9.01. The third-order valence-corrected chi connectivity index (χ3v) is 4.96. The molecule has 1 aliphatic heterocycles. The second kappa shape index (κ2) is 11.3. The van der Waals surface area contributed by atoms with E-state index < -0.39 is 6.04 Å². The maximum absolute atomic E-state index is 12.4. The van der Waals surface area contributed by atoms with Crippen molar-refractivity contribution in [1.29, 1.82) is 0 Å². The molecule has 2 unspecified atom stereocenters. The molecule has 4 nitrogen and oxygen atoms in total. The zero-order valence-corrected chi connectivity index (χ0v) is 17.3. The van der Waals surface area contributed by atoms with Gasteiger partial charge in [0.1, 0.15) is 6.04 Å². The normalized spacial score (nSPS) is 17.5. The smallest absolute Gasteiger partial charge is 0.241 e. The first-order valence-corrected chi connectivity index (χ1v) is 9.01. The van der Waals surface area contributed by atoms with Crippen LogP contribution in [0, 0.1) is 6.92 Å². The van der Waals surface area contributed by atoms with E-state index in [0.29, 0.717) is 12.6 Å². The average Bonchev–Trinajstić information content (AvgIpc) is 3.07. The molecule has 3 N–H and O–H groups in total. The topological polar surface area (TPSA) is 58.4 Å². The fraction of sp³-hybridized carbons (Fsp3) is 0.381. The van der Waals surface area contributed by atoms with Crippen molar-refractivity contribution >= 4 is 30.7 Å². The van der Waals surface area contributed by atoms with Crippen molar-refractivity contribution in [3.8, 4) is 0 Å². The predicted octanol–water partition coefficient (Wildman–Crippen LogP) is 3.62. The fourth-order valence-electron chi connectivity index (χ4n) is 3.41. The third kappa shape index (κ3) is 6.51. The van der Waals surface area contributed by atoms with Crippen molar-refractivity contribution in [1.82, 2.24) is 10.2 Å². The number of rotatable bonds is 6. The van der Waals surface area contributed by atoms with E-state index in [1.54, 1.807) is 0 Å². The summed E-state index contributed by atoms with van der Waals surface area (Å²) in [7, 11) is 0. The maximum atomic E-state index is 12.4. The number of benzene rings is 2. The van der Waals surface area contributed by atoms with Gasteiger partial charge in [-0.1, -0.05) is 60.2 Å². The van der Waals surface area contributed by atoms with Gasteiger partial charge in [-0.2, -0.15) is 0 Å². The second-order valence-corrected chi connectivity index (χ2v) is 6.89. The van der Waals surface area contributed by atoms with E-state index in [2.05, 4.69) is 34.5 Å². The lowest BCUT2D eigenvalue weighted by Gasteiger charge is -2.25. The molecule has 2 aromatic carbocycles. The molecule has 0 bridgehead atoms. The Labute approximate surface area is 174 Å². The van der Waals surface area contributed by atoms with Crippen molar-refractivity contribution in [3.05, 3.63) is 71.3 Å². The predicted molar refractivity (Wildman–Crippen MR) is 115 cm³/mol. The van der Waals surface area contributed by atoms with Crippen LogP contribution in [-0.2, 0) is 11.3 Å². The number of hydrogen-bond acceptors (Lipinski definition) is 3. The molecule has 0 aliphatic carbocycles. The zero-order valence-electron chi connectivity index (χ0n) is 15.6. The van der Waals surface area contributed by atoms with E-state index >= 15 is 0 Å². The minimum Gasteiger partial charge on any atom is -0.353 e. The lowest BCUT2D eigenvalue weighted by molar-refractivity contribution is -0.122. The van der Waals surface area contributed by atoms with Gasteiger partial charge in [0.05, 0.1) is 0 Å². The molecule has 0 radical (unpaired) electrons. The first-order chi connectivity index (χ1) is 12.1. The number of carbonyl (C=O) groups excluding carboxylic acids is 1. The lowest BCUT2D eigenvalue weighted by atomic mass is 10.1. The van der Waals surface area contributed by atoms with E-state index in [1.807, 2.05) is 37.3 Å². The van der Waals surface area contributed by atoms with Crippen LogP contribution < -0.4 is 11.1 Å². The van der Waals surface area contributed by atoms with Gasteiger partial charge in [0.15, 0.2) is 0 Å². The van der Waals surface area contributed by atoms with Crippen LogP contribution in [0.3, 0.4) is 0 Å². The van der Waals surface area contributed by atoms with Crippen LogP contribution in [0.5, 0.6) is 0 Å². The van der Waals surface area contributed by atoms with Gasteiger partial charge >= 0.3 is 0 Å². The monoisotopic (exact) mass is 409 g/mol. The van der Waals surface area contributed by atoms with Crippen molar-refractivity contribution in [3.63, 3.8) is 0 Å². The number of carbonyl (C=O) groups is 1. The van der Waals surface area contributed by atoms with Gasteiger partial charge in [-0.3, -0.25) is 9.69 Å². The Morgan fingerprint density at radius 2 is 1.81 bits per heavy atom. The van der Waals surface area contributed by atoms with E-state index in [-0.39, 0.29) is 30.7 Å². The molecule has 1 amide bonds. The largest absolute Gasteiger partial charge is 0.353 e. The van der Waals surface area contributed by atoms with Gasteiger partial charge in [-0.25, -0.2) is 0 Å². The average molecular weight is 410 g/mol. The van der Waals surface area contributed by atoms with Gasteiger partial charge in [0.2, 0.25) is 5.91 Å². The maximum Gasteiger partial charge on any atom is 0.241 e. The standard InChI is InChI=1S/C21H27N3O.2ClH/c1-16-9-11-18(12-10-16)20(22)21(25)23-14-19-8-5-13-24(19)15-17-6-3-2-4-7-17;;/h2-4,6-7,9-12,19-20H,5,8,13-15,22H2,1H3,(H,23,25);2*1H. The van der Waals surface area contributed by atoms with Crippen LogP contribution in [0.15, 0.2) is 54.6 Å². The molecule has 1 heterocycles. The summed E-state index contributed by atoms with van der Waals surface area (Å²) in [6.45, 7) is 4.70. The number of hydrogen-bond donors (Lipinski definition) is 2. The number of nitrogens with zero attached hydrogens (tertiary/aromatic N) is 1. The summed E-state index contributed by atoms with van der Waals surface area (Å²) in [5, 5.41) is 3.05. The highest BCUT2D eigenvalue weighted by atomic mass is 35.5. The lowest BCUT2D eigenvalue weighted by Crippen LogP contribution is -2.42. The number of aryl methyl sites for hydroxylation is 1. The van der Waals surface area contributed by atoms with Gasteiger partial charge in [-0.15, -0.1) is 24.8 Å². The summed E-state index contributed by atoms with van der Waals surface area (Å²) in [4.78, 5) is 14.8. The molecule has 1 aliphatic rings. The summed E-state index contributed by atoms with van der Waals surface area (Å²) >= 11 is 0. The Morgan fingerprint density at radius 3 is 2.48 bits per heavy atom. The van der Waals surface area contributed by atoms with E-state index in [1.165, 1.54) is 17.5 Å². The highest BCUT2D eigenvalue weighted by Crippen LogP contribution is 2.20. The minimum atomic E-state index is -0.607. The molecule has 0 aromatic heterocycles. The number of amides is 1. The zero-order chi connectivity index (χ0) is 17.6. The molecule has 0 saturated carbocycles. The van der Waals surface area contributed by atoms with E-state index in [9.17, 15) is 4.79 Å². The molecule has 0 spiro atoms. The van der Waals surface area contributed by atoms with Crippen molar-refractivity contribution < 1.29 is 4.79 Å². The number of likely N-dealkylation sites (tertiary alicyclic amines) is 1. The first kappa shape index (κ1) is 23.4. The van der Waals surface area contributed by atoms with Gasteiger partial charge in [0.25, 0.3) is 0 Å². The van der Waals surface area contributed by atoms with Crippen LogP contribution in [0.4, 0.5) is 0 Å². The van der Waals surface area contributed by atoms with Crippen molar-refractivity contribution in [2.75, 3.05) is 13.1 Å². The Morgan fingerprint density at radius 1 is 1.15 bits per heavy atom. The Hall–Kier alpha value is -1.59. The SMILES string of the molecule is Cc1ccc(C(N)C(=O)NCC2CCCN2Cc2ccccc2)cc1.Cl.Cl.